The van der Waals surface area contributed by atoms with Crippen LogP contribution in [0.2, 0.25) is 0 Å². The van der Waals surface area contributed by atoms with Crippen molar-refractivity contribution in [3.63, 3.8) is 0 Å². The highest BCUT2D eigenvalue weighted by molar-refractivity contribution is 7.13. The number of para-hydroxylation sites is 1. The van der Waals surface area contributed by atoms with Crippen molar-refractivity contribution in [2.75, 3.05) is 5.32 Å². The van der Waals surface area contributed by atoms with E-state index in [4.69, 9.17) is 4.74 Å². The average Bonchev–Trinajstić information content (AvgIpc) is 3.11. The van der Waals surface area contributed by atoms with Crippen LogP contribution in [0, 0.1) is 6.92 Å². The van der Waals surface area contributed by atoms with Crippen LogP contribution < -0.4 is 10.1 Å². The molecule has 0 bridgehead atoms. The molecule has 23 heavy (non-hydrogen) atoms. The zero-order valence-corrected chi connectivity index (χ0v) is 13.5. The summed E-state index contributed by atoms with van der Waals surface area (Å²) in [7, 11) is 1.84. The Morgan fingerprint density at radius 2 is 2.22 bits per heavy atom. The zero-order valence-electron chi connectivity index (χ0n) is 12.7. The maximum absolute atomic E-state index is 12.5. The van der Waals surface area contributed by atoms with Crippen molar-refractivity contribution >= 4 is 22.4 Å². The molecule has 7 heteroatoms. The zero-order chi connectivity index (χ0) is 16.0. The Balaban J connectivity index is 1.74. The topological polar surface area (TPSA) is 69.0 Å². The number of ether oxygens (including phenoxy) is 1. The highest BCUT2D eigenvalue weighted by Crippen LogP contribution is 2.38. The summed E-state index contributed by atoms with van der Waals surface area (Å²) < 4.78 is 7.50. The second-order valence-electron chi connectivity index (χ2n) is 5.33. The van der Waals surface area contributed by atoms with Crippen LogP contribution in [0.5, 0.6) is 5.75 Å². The highest BCUT2D eigenvalue weighted by Gasteiger charge is 2.28. The van der Waals surface area contributed by atoms with Crippen LogP contribution in [0.4, 0.5) is 5.13 Å². The molecule has 3 aromatic rings. The first-order valence-electron chi connectivity index (χ1n) is 7.15. The molecule has 0 atom stereocenters. The summed E-state index contributed by atoms with van der Waals surface area (Å²) in [4.78, 5) is 16.8. The van der Waals surface area contributed by atoms with E-state index in [1.807, 2.05) is 43.6 Å². The highest BCUT2D eigenvalue weighted by atomic mass is 32.1. The van der Waals surface area contributed by atoms with Gasteiger partial charge in [-0.05, 0) is 19.1 Å². The average molecular weight is 326 g/mol. The first-order chi connectivity index (χ1) is 11.1. The van der Waals surface area contributed by atoms with Gasteiger partial charge in [-0.3, -0.25) is 14.8 Å². The van der Waals surface area contributed by atoms with Gasteiger partial charge in [0.25, 0.3) is 5.91 Å². The molecule has 116 valence electrons. The van der Waals surface area contributed by atoms with Crippen molar-refractivity contribution in [1.29, 1.82) is 0 Å². The van der Waals surface area contributed by atoms with Gasteiger partial charge in [-0.2, -0.15) is 5.10 Å². The van der Waals surface area contributed by atoms with Crippen molar-refractivity contribution in [2.24, 2.45) is 7.05 Å². The summed E-state index contributed by atoms with van der Waals surface area (Å²) in [6.07, 6.45) is 0. The molecule has 0 unspecified atom stereocenters. The third-order valence-corrected chi connectivity index (χ3v) is 4.59. The molecule has 1 aliphatic heterocycles. The number of fused-ring (bicyclic) bond motifs is 3. The molecule has 0 radical (unpaired) electrons. The number of rotatable bonds is 2. The van der Waals surface area contributed by atoms with Crippen LogP contribution in [0.25, 0.3) is 11.3 Å². The molecule has 1 aromatic carbocycles. The van der Waals surface area contributed by atoms with Gasteiger partial charge in [0.05, 0.1) is 11.4 Å². The van der Waals surface area contributed by atoms with Crippen LogP contribution in [-0.4, -0.2) is 20.7 Å². The van der Waals surface area contributed by atoms with Crippen molar-refractivity contribution in [3.8, 4) is 17.0 Å². The lowest BCUT2D eigenvalue weighted by molar-refractivity contribution is 0.101. The van der Waals surface area contributed by atoms with E-state index in [1.54, 1.807) is 4.68 Å². The molecule has 4 rings (SSSR count). The molecule has 1 amide bonds. The number of hydrogen-bond acceptors (Lipinski definition) is 5. The van der Waals surface area contributed by atoms with Gasteiger partial charge in [0.1, 0.15) is 12.4 Å². The molecular weight excluding hydrogens is 312 g/mol. The summed E-state index contributed by atoms with van der Waals surface area (Å²) in [6, 6.07) is 7.77. The predicted molar refractivity (Wildman–Crippen MR) is 87.8 cm³/mol. The minimum atomic E-state index is -0.265. The summed E-state index contributed by atoms with van der Waals surface area (Å²) >= 11 is 1.40. The summed E-state index contributed by atoms with van der Waals surface area (Å²) in [6.45, 7) is 2.22. The Bertz CT molecular complexity index is 913. The SMILES string of the molecule is Cc1csc(NC(=O)c2nn(C)c3c2COc2ccccc2-3)n1. The first-order valence-corrected chi connectivity index (χ1v) is 8.03. The largest absolute Gasteiger partial charge is 0.488 e. The summed E-state index contributed by atoms with van der Waals surface area (Å²) in [5.41, 5.74) is 3.94. The lowest BCUT2D eigenvalue weighted by Crippen LogP contribution is -2.16. The second-order valence-corrected chi connectivity index (χ2v) is 6.19. The Hall–Kier alpha value is -2.67. The molecule has 1 aliphatic rings. The third kappa shape index (κ3) is 2.29. The van der Waals surface area contributed by atoms with E-state index in [9.17, 15) is 4.79 Å². The number of carbonyl (C=O) groups is 1. The molecule has 0 spiro atoms. The van der Waals surface area contributed by atoms with Crippen molar-refractivity contribution in [2.45, 2.75) is 13.5 Å². The Labute approximate surface area is 136 Å². The normalized spacial score (nSPS) is 12.3. The summed E-state index contributed by atoms with van der Waals surface area (Å²) in [5, 5.41) is 9.66. The van der Waals surface area contributed by atoms with Gasteiger partial charge in [0.15, 0.2) is 10.8 Å². The van der Waals surface area contributed by atoms with E-state index in [-0.39, 0.29) is 5.91 Å². The molecule has 0 aliphatic carbocycles. The Morgan fingerprint density at radius 3 is 3.00 bits per heavy atom. The third-order valence-electron chi connectivity index (χ3n) is 3.71. The van der Waals surface area contributed by atoms with E-state index in [0.29, 0.717) is 17.4 Å². The Morgan fingerprint density at radius 1 is 1.39 bits per heavy atom. The van der Waals surface area contributed by atoms with Crippen LogP contribution >= 0.6 is 11.3 Å². The van der Waals surface area contributed by atoms with E-state index < -0.39 is 0 Å². The standard InChI is InChI=1S/C16H14N4O2S/c1-9-8-23-16(17-9)18-15(21)13-11-7-22-12-6-4-3-5-10(12)14(11)20(2)19-13/h3-6,8H,7H2,1-2H3,(H,17,18,21). The van der Waals surface area contributed by atoms with E-state index in [1.165, 1.54) is 11.3 Å². The fraction of sp³-hybridized carbons (Fsp3) is 0.188. The number of benzene rings is 1. The number of carbonyl (C=O) groups excluding carboxylic acids is 1. The number of aromatic nitrogens is 3. The van der Waals surface area contributed by atoms with Crippen LogP contribution in [-0.2, 0) is 13.7 Å². The van der Waals surface area contributed by atoms with E-state index in [2.05, 4.69) is 15.4 Å². The fourth-order valence-corrected chi connectivity index (χ4v) is 3.41. The Kier molecular flexibility index (Phi) is 3.16. The molecule has 0 saturated heterocycles. The molecular formula is C16H14N4O2S. The molecule has 0 saturated carbocycles. The van der Waals surface area contributed by atoms with Crippen molar-refractivity contribution in [3.05, 3.63) is 46.6 Å². The van der Waals surface area contributed by atoms with Gasteiger partial charge in [0, 0.05) is 23.6 Å². The van der Waals surface area contributed by atoms with Gasteiger partial charge < -0.3 is 4.74 Å². The lowest BCUT2D eigenvalue weighted by Gasteiger charge is -2.18. The molecule has 3 heterocycles. The van der Waals surface area contributed by atoms with Gasteiger partial charge in [0.2, 0.25) is 0 Å². The van der Waals surface area contributed by atoms with Gasteiger partial charge in [-0.25, -0.2) is 4.98 Å². The summed E-state index contributed by atoms with van der Waals surface area (Å²) in [5.74, 6) is 0.546. The predicted octanol–water partition coefficient (Wildman–Crippen LogP) is 3.00. The number of thiazole rings is 1. The second kappa shape index (κ2) is 5.20. The number of hydrogen-bond donors (Lipinski definition) is 1. The number of aryl methyl sites for hydroxylation is 2. The first kappa shape index (κ1) is 14.0. The maximum Gasteiger partial charge on any atom is 0.278 e. The van der Waals surface area contributed by atoms with Gasteiger partial charge in [-0.1, -0.05) is 12.1 Å². The van der Waals surface area contributed by atoms with E-state index in [0.717, 1.165) is 28.3 Å². The smallest absolute Gasteiger partial charge is 0.278 e. The lowest BCUT2D eigenvalue weighted by atomic mass is 10.0. The number of amides is 1. The van der Waals surface area contributed by atoms with Crippen LogP contribution in [0.3, 0.4) is 0 Å². The molecule has 1 N–H and O–H groups in total. The quantitative estimate of drug-likeness (QED) is 0.786. The van der Waals surface area contributed by atoms with Crippen LogP contribution in [0.1, 0.15) is 21.7 Å². The molecule has 6 nitrogen and oxygen atoms in total. The molecule has 0 fully saturated rings. The van der Waals surface area contributed by atoms with Crippen molar-refractivity contribution < 1.29 is 9.53 Å². The van der Waals surface area contributed by atoms with Gasteiger partial charge in [-0.15, -0.1) is 11.3 Å². The minimum absolute atomic E-state index is 0.265. The van der Waals surface area contributed by atoms with Gasteiger partial charge >= 0.3 is 0 Å². The van der Waals surface area contributed by atoms with Crippen molar-refractivity contribution in [1.82, 2.24) is 14.8 Å². The molecule has 2 aromatic heterocycles. The fourth-order valence-electron chi connectivity index (χ4n) is 2.73. The maximum atomic E-state index is 12.5. The van der Waals surface area contributed by atoms with Crippen LogP contribution in [0.15, 0.2) is 29.6 Å². The number of nitrogens with zero attached hydrogens (tertiary/aromatic N) is 3. The van der Waals surface area contributed by atoms with E-state index >= 15 is 0 Å². The number of anilines is 1. The minimum Gasteiger partial charge on any atom is -0.488 e. The monoisotopic (exact) mass is 326 g/mol. The number of nitrogens with one attached hydrogen (secondary N) is 1.